The molecule has 23 nitrogen and oxygen atoms in total. The van der Waals surface area contributed by atoms with E-state index >= 15 is 0 Å². The summed E-state index contributed by atoms with van der Waals surface area (Å²) in [5, 5.41) is 70.0. The minimum Gasteiger partial charge on any atom is -0.497 e. The molecule has 0 aliphatic carbocycles. The average Bonchev–Trinajstić information content (AvgIpc) is 1.71. The fourth-order valence-electron chi connectivity index (χ4n) is 10.4. The number of methoxy groups -OCH3 is 1. The lowest BCUT2D eigenvalue weighted by Gasteiger charge is -2.23. The van der Waals surface area contributed by atoms with Crippen LogP contribution in [0.1, 0.15) is 199 Å². The second kappa shape index (κ2) is 40.0. The van der Waals surface area contributed by atoms with Crippen LogP contribution in [0.5, 0.6) is 5.75 Å². The van der Waals surface area contributed by atoms with Crippen molar-refractivity contribution in [3.05, 3.63) is 279 Å². The lowest BCUT2D eigenvalue weighted by atomic mass is 9.87. The largest absolute Gasteiger partial charge is 0.497 e. The third kappa shape index (κ3) is 30.5. The van der Waals surface area contributed by atoms with Crippen LogP contribution in [0.2, 0.25) is 5.02 Å². The van der Waals surface area contributed by atoms with Gasteiger partial charge < -0.3 is 19.7 Å². The summed E-state index contributed by atoms with van der Waals surface area (Å²) in [5.41, 5.74) is 14.1. The summed E-state index contributed by atoms with van der Waals surface area (Å²) in [6.45, 7) is 46.2. The van der Waals surface area contributed by atoms with Gasteiger partial charge in [-0.15, -0.1) is 30.6 Å². The number of aliphatic hydroxyl groups is 2. The molecule has 0 bridgehead atoms. The molecule has 13 rings (SSSR count). The van der Waals surface area contributed by atoms with Gasteiger partial charge in [-0.1, -0.05) is 282 Å². The van der Waals surface area contributed by atoms with Gasteiger partial charge in [0.25, 0.3) is 0 Å². The molecule has 2 atom stereocenters. The molecular formula is C87H114ClFN18O5. The third-order valence-corrected chi connectivity index (χ3v) is 17.4. The van der Waals surface area contributed by atoms with Crippen LogP contribution in [0.3, 0.4) is 0 Å². The molecule has 25 heteroatoms. The van der Waals surface area contributed by atoms with E-state index in [0.29, 0.717) is 31.1 Å². The first-order valence-electron chi connectivity index (χ1n) is 37.4. The zero-order valence-electron chi connectivity index (χ0n) is 69.1. The minimum absolute atomic E-state index is 0.0399. The number of nitrogens with zero attached hydrogens (tertiary/aromatic N) is 18. The normalized spacial score (nSPS) is 12.8. The van der Waals surface area contributed by atoms with Gasteiger partial charge in [-0.3, -0.25) is 4.68 Å². The lowest BCUT2D eigenvalue weighted by molar-refractivity contribution is -0.135. The Kier molecular flexibility index (Phi) is 31.6. The van der Waals surface area contributed by atoms with Crippen molar-refractivity contribution in [1.82, 2.24) is 90.0 Å². The first-order chi connectivity index (χ1) is 52.5. The Morgan fingerprint density at radius 2 is 0.830 bits per heavy atom. The van der Waals surface area contributed by atoms with Crippen molar-refractivity contribution in [2.45, 2.75) is 201 Å². The van der Waals surface area contributed by atoms with Crippen molar-refractivity contribution in [2.75, 3.05) is 13.7 Å². The van der Waals surface area contributed by atoms with E-state index in [1.54, 1.807) is 40.9 Å². The maximum Gasteiger partial charge on any atom is 0.331 e. The highest BCUT2D eigenvalue weighted by Crippen LogP contribution is 2.33. The quantitative estimate of drug-likeness (QED) is 0.0904. The van der Waals surface area contributed by atoms with Gasteiger partial charge in [-0.25, -0.2) is 32.6 Å². The van der Waals surface area contributed by atoms with E-state index in [2.05, 4.69) is 188 Å². The second-order valence-electron chi connectivity index (χ2n) is 34.2. The predicted molar refractivity (Wildman–Crippen MR) is 438 cm³/mol. The second-order valence-corrected chi connectivity index (χ2v) is 34.6. The maximum absolute atomic E-state index is 12.8. The molecule has 6 aromatic carbocycles. The van der Waals surface area contributed by atoms with Gasteiger partial charge in [-0.2, -0.15) is 0 Å². The van der Waals surface area contributed by atoms with E-state index in [-0.39, 0.29) is 44.3 Å². The Labute approximate surface area is 665 Å². The smallest absolute Gasteiger partial charge is 0.331 e. The van der Waals surface area contributed by atoms with E-state index in [1.165, 1.54) is 39.9 Å². The maximum atomic E-state index is 12.8. The number of hydrogen-bond donors (Lipinski definition) is 2. The molecule has 596 valence electrons. The molecule has 0 spiro atoms. The zero-order valence-corrected chi connectivity index (χ0v) is 69.8. The van der Waals surface area contributed by atoms with Crippen LogP contribution in [-0.4, -0.2) is 120 Å². The highest BCUT2D eigenvalue weighted by Gasteiger charge is 2.29. The van der Waals surface area contributed by atoms with E-state index in [1.807, 2.05) is 195 Å². The number of aliphatic hydroxyl groups excluding tert-OH is 2. The number of hydrogen-bond acceptors (Lipinski definition) is 17. The number of ether oxygens (including phenoxy) is 2. The van der Waals surface area contributed by atoms with Crippen LogP contribution < -0.4 is 4.74 Å². The van der Waals surface area contributed by atoms with E-state index in [4.69, 9.17) is 21.1 Å². The molecule has 6 aromatic heterocycles. The van der Waals surface area contributed by atoms with Gasteiger partial charge in [0, 0.05) is 52.6 Å². The van der Waals surface area contributed by atoms with Crippen LogP contribution in [-0.2, 0) is 59.6 Å². The molecule has 0 saturated carbocycles. The topological polar surface area (TPSA) is 260 Å². The molecule has 0 radical (unpaired) electrons. The van der Waals surface area contributed by atoms with Gasteiger partial charge in [0.05, 0.1) is 75.5 Å². The molecule has 2 N–H and O–H groups in total. The van der Waals surface area contributed by atoms with Gasteiger partial charge in [0.2, 0.25) is 0 Å². The molecule has 12 aromatic rings. The van der Waals surface area contributed by atoms with Crippen LogP contribution in [0.4, 0.5) is 4.39 Å². The van der Waals surface area contributed by atoms with Crippen molar-refractivity contribution in [1.29, 1.82) is 0 Å². The van der Waals surface area contributed by atoms with Crippen molar-refractivity contribution in [3.63, 3.8) is 0 Å². The van der Waals surface area contributed by atoms with E-state index in [9.17, 15) is 19.4 Å². The van der Waals surface area contributed by atoms with Crippen LogP contribution >= 0.6 is 11.6 Å². The van der Waals surface area contributed by atoms with Crippen molar-refractivity contribution in [3.8, 4) is 17.0 Å². The van der Waals surface area contributed by atoms with Crippen LogP contribution in [0.25, 0.3) is 11.3 Å². The summed E-state index contributed by atoms with van der Waals surface area (Å²) in [7, 11) is 1.66. The number of benzene rings is 6. The SMILES string of the molecule is CC(C)(C)C(O)c1cn(Cc2ccc(F)cc2)nn1.CC(C)(C)C(O)c1cn(Cc2ccccc2)nn1.CC(C)(C)C1=CC(=O)OC1.CC(C)(C)c1cn(Cc2ccc(Cl)cc2)nn1.CC(C)(C)c1cn(Cc2ccccc2)nn1.COc1ccc(-c2cn(CC(C)(C)C)nn2)cc1.Cc1ccc(Cn2cc(C)nn2)cc1. The van der Waals surface area contributed by atoms with E-state index in [0.717, 1.165) is 76.4 Å². The number of carbonyl (C=O) groups excluding carboxylic acids is 1. The van der Waals surface area contributed by atoms with Crippen molar-refractivity contribution in [2.24, 2.45) is 21.7 Å². The number of rotatable bonds is 15. The highest BCUT2D eigenvalue weighted by atomic mass is 35.5. The molecule has 1 aliphatic rings. The molecule has 1 aliphatic heterocycles. The van der Waals surface area contributed by atoms with Gasteiger partial charge >= 0.3 is 5.97 Å². The number of carbonyl (C=O) groups is 1. The Morgan fingerprint density at radius 3 is 1.19 bits per heavy atom. The number of aromatic nitrogens is 18. The molecule has 112 heavy (non-hydrogen) atoms. The molecule has 0 amide bonds. The summed E-state index contributed by atoms with van der Waals surface area (Å²) in [4.78, 5) is 10.6. The Bertz CT molecular complexity index is 4790. The summed E-state index contributed by atoms with van der Waals surface area (Å²) >= 11 is 5.84. The Hall–Kier alpha value is -10.7. The lowest BCUT2D eigenvalue weighted by Crippen LogP contribution is -2.18. The molecular weight excluding hydrogens is 1430 g/mol. The zero-order chi connectivity index (χ0) is 82.2. The van der Waals surface area contributed by atoms with Crippen LogP contribution in [0.15, 0.2) is 207 Å². The molecule has 2 unspecified atom stereocenters. The average molecular weight is 1550 g/mol. The molecule has 0 saturated heterocycles. The summed E-state index contributed by atoms with van der Waals surface area (Å²) < 4.78 is 33.6. The molecule has 7 heterocycles. The number of halogens is 2. The minimum atomic E-state index is -0.658. The van der Waals surface area contributed by atoms with E-state index < -0.39 is 12.2 Å². The van der Waals surface area contributed by atoms with Gasteiger partial charge in [-0.05, 0) is 117 Å². The Morgan fingerprint density at radius 1 is 0.446 bits per heavy atom. The third-order valence-electron chi connectivity index (χ3n) is 17.1. The van der Waals surface area contributed by atoms with Crippen LogP contribution in [0, 0.1) is 41.3 Å². The summed E-state index contributed by atoms with van der Waals surface area (Å²) in [6.07, 6.45) is 11.8. The summed E-state index contributed by atoms with van der Waals surface area (Å²) in [5.74, 6) is 0.386. The number of cyclic esters (lactones) is 1. The van der Waals surface area contributed by atoms with Gasteiger partial charge in [0.15, 0.2) is 0 Å². The van der Waals surface area contributed by atoms with Crippen molar-refractivity contribution < 1.29 is 28.9 Å². The monoisotopic (exact) mass is 1540 g/mol. The number of aryl methyl sites for hydroxylation is 2. The fraction of sp³-hybridized carbons (Fsp3) is 0.414. The number of esters is 1. The van der Waals surface area contributed by atoms with Gasteiger partial charge in [0.1, 0.15) is 47.5 Å². The molecule has 0 fully saturated rings. The predicted octanol–water partition coefficient (Wildman–Crippen LogP) is 17.3. The first-order valence-corrected chi connectivity index (χ1v) is 37.8. The Balaban J connectivity index is 0.000000182. The first kappa shape index (κ1) is 88.5. The fourth-order valence-corrected chi connectivity index (χ4v) is 10.5. The summed E-state index contributed by atoms with van der Waals surface area (Å²) in [6, 6.07) is 50.7. The standard InChI is InChI=1S/C14H18FN3O.2C14H19N3O.C13H16ClN3.C13H17N3.C11H13N3.C8H12O2/c1-14(2,3)13(19)12-9-18(17-16-12)8-10-4-6-11(15)7-5-10;1-14(2,3)10-17-9-13(15-16-17)11-5-7-12(18-4)8-6-11;1-14(2,3)13(18)12-10-17(16-15-12)9-11-7-5-4-6-8-11;1-13(2,3)12-9-17(16-15-12)8-10-4-6-11(14)7-5-10;1-13(2,3)12-10-16(15-14-12)9-11-7-5-4-6-8-11;1-9-3-5-11(6-4-9)8-14-7-10(2)12-13-14;1-8(2,3)6-4-7(9)10-5-6/h4-7,9,13,19H,8H2,1-3H3;5-9H,10H2,1-4H3;4-8,10,13,18H,9H2,1-3H3;4-7,9H,8H2,1-3H3;4-8,10H,9H2,1-3H3;3-7H,8H2,1-2H3;4H,5H2,1-3H3. The van der Waals surface area contributed by atoms with Crippen molar-refractivity contribution >= 4 is 17.6 Å². The highest BCUT2D eigenvalue weighted by molar-refractivity contribution is 6.30.